The molecule has 0 fully saturated rings. The summed E-state index contributed by atoms with van der Waals surface area (Å²) in [5.74, 6) is 0. The van der Waals surface area contributed by atoms with Gasteiger partial charge in [-0.3, -0.25) is 0 Å². The molecule has 4 heteroatoms. The van der Waals surface area contributed by atoms with Crippen LogP contribution in [0.5, 0.6) is 0 Å². The Bertz CT molecular complexity index is 552. The zero-order chi connectivity index (χ0) is 13.4. The fourth-order valence-electron chi connectivity index (χ4n) is 1.42. The number of fused-ring (bicyclic) bond motifs is 1. The van der Waals surface area contributed by atoms with Crippen LogP contribution in [0.3, 0.4) is 0 Å². The maximum atomic E-state index is 10.9. The van der Waals surface area contributed by atoms with Gasteiger partial charge in [-0.2, -0.15) is 0 Å². The molecule has 0 aliphatic rings. The van der Waals surface area contributed by atoms with Crippen molar-refractivity contribution in [2.75, 3.05) is 0 Å². The van der Waals surface area contributed by atoms with Crippen LogP contribution in [0, 0.1) is 0 Å². The Balaban J connectivity index is 0.000000280. The van der Waals surface area contributed by atoms with Gasteiger partial charge in [0.1, 0.15) is 0 Å². The molecule has 0 bridgehead atoms. The summed E-state index contributed by atoms with van der Waals surface area (Å²) in [4.78, 5) is 0.470. The van der Waals surface area contributed by atoms with E-state index in [0.717, 1.165) is 10.8 Å². The standard InChI is InChI=1S/C10H8O2S.C4H6O/c11-13(12)10-7-3-5-8-4-1-2-6-9(8)10;1-3-5-4-2/h1-7H,(H,11,12);3-4H,1-2H2. The van der Waals surface area contributed by atoms with Crippen molar-refractivity contribution >= 4 is 21.9 Å². The van der Waals surface area contributed by atoms with Crippen LogP contribution in [0.4, 0.5) is 0 Å². The Morgan fingerprint density at radius 3 is 2.22 bits per heavy atom. The molecule has 1 unspecified atom stereocenters. The topological polar surface area (TPSA) is 46.5 Å². The Morgan fingerprint density at radius 1 is 1.06 bits per heavy atom. The van der Waals surface area contributed by atoms with Crippen LogP contribution in [0.15, 0.2) is 73.0 Å². The van der Waals surface area contributed by atoms with E-state index in [4.69, 9.17) is 4.55 Å². The third kappa shape index (κ3) is 3.84. The van der Waals surface area contributed by atoms with E-state index in [1.54, 1.807) is 12.1 Å². The molecular weight excluding hydrogens is 248 g/mol. The number of benzene rings is 2. The highest BCUT2D eigenvalue weighted by atomic mass is 32.2. The first-order valence-corrected chi connectivity index (χ1v) is 6.27. The zero-order valence-corrected chi connectivity index (χ0v) is 10.6. The first kappa shape index (κ1) is 14.2. The number of rotatable bonds is 3. The van der Waals surface area contributed by atoms with Crippen LogP contribution >= 0.6 is 0 Å². The summed E-state index contributed by atoms with van der Waals surface area (Å²) in [5.41, 5.74) is 0. The van der Waals surface area contributed by atoms with Crippen LogP contribution in [0.25, 0.3) is 10.8 Å². The SMILES string of the molecule is C=COC=C.O=S(O)c1cccc2ccccc12. The van der Waals surface area contributed by atoms with E-state index >= 15 is 0 Å². The maximum absolute atomic E-state index is 10.9. The van der Waals surface area contributed by atoms with Crippen LogP contribution in [-0.2, 0) is 15.8 Å². The van der Waals surface area contributed by atoms with E-state index < -0.39 is 11.1 Å². The minimum Gasteiger partial charge on any atom is -0.474 e. The molecule has 2 aromatic rings. The lowest BCUT2D eigenvalue weighted by Crippen LogP contribution is -1.89. The van der Waals surface area contributed by atoms with Gasteiger partial charge in [0, 0.05) is 5.39 Å². The van der Waals surface area contributed by atoms with E-state index in [0.29, 0.717) is 4.90 Å². The van der Waals surface area contributed by atoms with Crippen molar-refractivity contribution in [1.29, 1.82) is 0 Å². The van der Waals surface area contributed by atoms with Crippen molar-refractivity contribution in [2.24, 2.45) is 0 Å². The summed E-state index contributed by atoms with van der Waals surface area (Å²) in [6.07, 6.45) is 2.62. The van der Waals surface area contributed by atoms with E-state index in [-0.39, 0.29) is 0 Å². The van der Waals surface area contributed by atoms with E-state index in [1.807, 2.05) is 30.3 Å². The van der Waals surface area contributed by atoms with Gasteiger partial charge in [-0.15, -0.1) is 0 Å². The molecule has 3 nitrogen and oxygen atoms in total. The first-order chi connectivity index (χ1) is 8.70. The zero-order valence-electron chi connectivity index (χ0n) is 9.78. The van der Waals surface area contributed by atoms with Gasteiger partial charge < -0.3 is 9.29 Å². The third-order valence-corrected chi connectivity index (χ3v) is 2.86. The van der Waals surface area contributed by atoms with Gasteiger partial charge in [-0.25, -0.2) is 4.21 Å². The second kappa shape index (κ2) is 7.42. The lowest BCUT2D eigenvalue weighted by Gasteiger charge is -2.00. The number of hydrogen-bond donors (Lipinski definition) is 1. The Kier molecular flexibility index (Phi) is 5.84. The summed E-state index contributed by atoms with van der Waals surface area (Å²) in [6, 6.07) is 12.9. The molecule has 0 aliphatic heterocycles. The lowest BCUT2D eigenvalue weighted by molar-refractivity contribution is 0.406. The molecule has 0 aliphatic carbocycles. The molecule has 2 aromatic carbocycles. The van der Waals surface area contributed by atoms with Crippen molar-refractivity contribution in [2.45, 2.75) is 4.90 Å². The highest BCUT2D eigenvalue weighted by molar-refractivity contribution is 7.79. The minimum absolute atomic E-state index is 0.470. The second-order valence-corrected chi connectivity index (χ2v) is 4.13. The van der Waals surface area contributed by atoms with Gasteiger partial charge >= 0.3 is 0 Å². The summed E-state index contributed by atoms with van der Waals surface area (Å²) in [6.45, 7) is 6.51. The number of hydrogen-bond acceptors (Lipinski definition) is 2. The molecule has 0 aromatic heterocycles. The third-order valence-electron chi connectivity index (χ3n) is 2.13. The van der Waals surface area contributed by atoms with Crippen molar-refractivity contribution < 1.29 is 13.5 Å². The van der Waals surface area contributed by atoms with Gasteiger partial charge in [0.15, 0.2) is 11.1 Å². The van der Waals surface area contributed by atoms with Crippen LogP contribution in [0.2, 0.25) is 0 Å². The quantitative estimate of drug-likeness (QED) is 0.677. The number of ether oxygens (including phenoxy) is 1. The molecule has 2 rings (SSSR count). The minimum atomic E-state index is -1.90. The Hall–Kier alpha value is -1.91. The highest BCUT2D eigenvalue weighted by Gasteiger charge is 2.03. The van der Waals surface area contributed by atoms with Gasteiger partial charge in [0.05, 0.1) is 17.4 Å². The summed E-state index contributed by atoms with van der Waals surface area (Å²) >= 11 is -1.90. The normalized spacial score (nSPS) is 10.9. The Morgan fingerprint density at radius 2 is 1.67 bits per heavy atom. The van der Waals surface area contributed by atoms with Crippen molar-refractivity contribution in [3.8, 4) is 0 Å². The molecule has 1 N–H and O–H groups in total. The van der Waals surface area contributed by atoms with Crippen molar-refractivity contribution in [3.63, 3.8) is 0 Å². The average molecular weight is 262 g/mol. The Labute approximate surface area is 109 Å². The average Bonchev–Trinajstić information content (AvgIpc) is 2.39. The largest absolute Gasteiger partial charge is 0.474 e. The predicted octanol–water partition coefficient (Wildman–Crippen LogP) is 3.71. The summed E-state index contributed by atoms with van der Waals surface area (Å²) in [5, 5.41) is 1.83. The van der Waals surface area contributed by atoms with Gasteiger partial charge in [-0.1, -0.05) is 49.6 Å². The fourth-order valence-corrected chi connectivity index (χ4v) is 1.99. The fraction of sp³-hybridized carbons (Fsp3) is 0. The molecule has 0 radical (unpaired) electrons. The molecule has 0 amide bonds. The van der Waals surface area contributed by atoms with Gasteiger partial charge in [0.2, 0.25) is 0 Å². The van der Waals surface area contributed by atoms with Crippen molar-refractivity contribution in [3.05, 3.63) is 68.1 Å². The molecule has 0 saturated carbocycles. The summed E-state index contributed by atoms with van der Waals surface area (Å²) in [7, 11) is 0. The van der Waals surface area contributed by atoms with Crippen molar-refractivity contribution in [1.82, 2.24) is 0 Å². The van der Waals surface area contributed by atoms with Gasteiger partial charge in [-0.05, 0) is 11.5 Å². The van der Waals surface area contributed by atoms with Crippen LogP contribution < -0.4 is 0 Å². The molecular formula is C14H14O3S. The maximum Gasteiger partial charge on any atom is 0.187 e. The van der Waals surface area contributed by atoms with Gasteiger partial charge in [0.25, 0.3) is 0 Å². The molecule has 0 saturated heterocycles. The molecule has 0 heterocycles. The lowest BCUT2D eigenvalue weighted by atomic mass is 10.1. The monoisotopic (exact) mass is 262 g/mol. The first-order valence-electron chi connectivity index (χ1n) is 5.16. The molecule has 1 atom stereocenters. The highest BCUT2D eigenvalue weighted by Crippen LogP contribution is 2.20. The van der Waals surface area contributed by atoms with E-state index in [9.17, 15) is 4.21 Å². The smallest absolute Gasteiger partial charge is 0.187 e. The second-order valence-electron chi connectivity index (χ2n) is 3.20. The molecule has 94 valence electrons. The van der Waals surface area contributed by atoms with E-state index in [2.05, 4.69) is 17.9 Å². The molecule has 18 heavy (non-hydrogen) atoms. The van der Waals surface area contributed by atoms with Crippen LogP contribution in [0.1, 0.15) is 0 Å². The van der Waals surface area contributed by atoms with E-state index in [1.165, 1.54) is 12.5 Å². The summed E-state index contributed by atoms with van der Waals surface area (Å²) < 4.78 is 24.3. The predicted molar refractivity (Wildman–Crippen MR) is 74.5 cm³/mol. The van der Waals surface area contributed by atoms with Crippen LogP contribution in [-0.4, -0.2) is 8.76 Å². The molecule has 0 spiro atoms.